The van der Waals surface area contributed by atoms with Gasteiger partial charge in [0.1, 0.15) is 5.75 Å². The molecule has 1 aromatic heterocycles. The van der Waals surface area contributed by atoms with E-state index in [0.717, 1.165) is 5.56 Å². The van der Waals surface area contributed by atoms with Crippen LogP contribution in [0.25, 0.3) is 0 Å². The lowest BCUT2D eigenvalue weighted by Gasteiger charge is -2.09. The zero-order valence-corrected chi connectivity index (χ0v) is 12.3. The zero-order chi connectivity index (χ0) is 14.0. The summed E-state index contributed by atoms with van der Waals surface area (Å²) in [5, 5.41) is 8.10. The van der Waals surface area contributed by atoms with Crippen molar-refractivity contribution < 1.29 is 17.9 Å². The Labute approximate surface area is 122 Å². The molecule has 0 aliphatic carbocycles. The summed E-state index contributed by atoms with van der Waals surface area (Å²) in [6.45, 7) is 0.344. The second kappa shape index (κ2) is 5.49. The minimum absolute atomic E-state index is 0.257. The molecule has 0 aliphatic rings. The molecule has 4 nitrogen and oxygen atoms in total. The van der Waals surface area contributed by atoms with E-state index in [1.165, 1.54) is 29.1 Å². The Morgan fingerprint density at radius 3 is 2.05 bits per heavy atom. The molecule has 0 atom stereocenters. The number of halogens is 5. The van der Waals surface area contributed by atoms with E-state index in [-0.39, 0.29) is 5.75 Å². The van der Waals surface area contributed by atoms with Crippen LogP contribution in [0.4, 0.5) is 13.2 Å². The predicted molar refractivity (Wildman–Crippen MR) is 67.6 cm³/mol. The van der Waals surface area contributed by atoms with Crippen molar-refractivity contribution in [1.82, 2.24) is 15.0 Å². The lowest BCUT2D eigenvalue weighted by Crippen LogP contribution is -2.17. The molecule has 0 spiro atoms. The van der Waals surface area contributed by atoms with Gasteiger partial charge < -0.3 is 4.74 Å². The van der Waals surface area contributed by atoms with Crippen LogP contribution in [0.3, 0.4) is 0 Å². The highest BCUT2D eigenvalue weighted by Gasteiger charge is 2.30. The van der Waals surface area contributed by atoms with Crippen molar-refractivity contribution in [3.63, 3.8) is 0 Å². The van der Waals surface area contributed by atoms with Crippen molar-refractivity contribution in [1.29, 1.82) is 0 Å². The molecule has 2 aromatic rings. The average molecular weight is 401 g/mol. The number of aromatic nitrogens is 3. The summed E-state index contributed by atoms with van der Waals surface area (Å²) in [4.78, 5) is 1.41. The fraction of sp³-hybridized carbons (Fsp3) is 0.200. The van der Waals surface area contributed by atoms with E-state index < -0.39 is 6.36 Å². The fourth-order valence-electron chi connectivity index (χ4n) is 1.34. The lowest BCUT2D eigenvalue weighted by molar-refractivity contribution is -0.274. The summed E-state index contributed by atoms with van der Waals surface area (Å²) in [5.74, 6) is -0.257. The minimum atomic E-state index is -4.68. The van der Waals surface area contributed by atoms with E-state index in [2.05, 4.69) is 46.8 Å². The van der Waals surface area contributed by atoms with Crippen LogP contribution >= 0.6 is 31.9 Å². The Bertz CT molecular complexity index is 549. The van der Waals surface area contributed by atoms with Gasteiger partial charge in [-0.3, -0.25) is 0 Å². The van der Waals surface area contributed by atoms with Gasteiger partial charge >= 0.3 is 6.36 Å². The minimum Gasteiger partial charge on any atom is -0.406 e. The molecule has 2 rings (SSSR count). The first-order valence-corrected chi connectivity index (χ1v) is 6.53. The molecule has 0 radical (unpaired) electrons. The van der Waals surface area contributed by atoms with Crippen LogP contribution in [0.5, 0.6) is 5.75 Å². The second-order valence-corrected chi connectivity index (χ2v) is 5.01. The Kier molecular flexibility index (Phi) is 4.14. The first-order valence-electron chi connectivity index (χ1n) is 4.94. The lowest BCUT2D eigenvalue weighted by atomic mass is 10.2. The molecule has 1 heterocycles. The number of rotatable bonds is 3. The SMILES string of the molecule is FC(F)(F)Oc1ccc(Cn2nc(Br)c(Br)n2)cc1. The molecule has 0 amide bonds. The van der Waals surface area contributed by atoms with Crippen LogP contribution in [-0.2, 0) is 6.54 Å². The van der Waals surface area contributed by atoms with Gasteiger partial charge in [-0.15, -0.1) is 23.4 Å². The number of alkyl halides is 3. The first kappa shape index (κ1) is 14.3. The van der Waals surface area contributed by atoms with Gasteiger partial charge in [0.2, 0.25) is 0 Å². The number of benzene rings is 1. The van der Waals surface area contributed by atoms with Gasteiger partial charge in [0.25, 0.3) is 0 Å². The van der Waals surface area contributed by atoms with Gasteiger partial charge in [-0.25, -0.2) is 0 Å². The molecule has 1 aromatic carbocycles. The molecule has 0 aliphatic heterocycles. The standard InChI is InChI=1S/C10H6Br2F3N3O/c11-8-9(12)17-18(16-8)5-6-1-3-7(4-2-6)19-10(13,14)15/h1-4H,5H2. The largest absolute Gasteiger partial charge is 0.573 e. The van der Waals surface area contributed by atoms with Crippen molar-refractivity contribution in [2.45, 2.75) is 12.9 Å². The third-order valence-corrected chi connectivity index (χ3v) is 3.66. The second-order valence-electron chi connectivity index (χ2n) is 3.50. The molecular weight excluding hydrogens is 395 g/mol. The summed E-state index contributed by atoms with van der Waals surface area (Å²) in [6, 6.07) is 5.53. The molecule has 0 bridgehead atoms. The molecule has 0 N–H and O–H groups in total. The summed E-state index contributed by atoms with van der Waals surface area (Å²) < 4.78 is 40.8. The number of hydrogen-bond donors (Lipinski definition) is 0. The van der Waals surface area contributed by atoms with Gasteiger partial charge in [0.05, 0.1) is 6.54 Å². The molecule has 0 fully saturated rings. The van der Waals surface area contributed by atoms with Crippen LogP contribution in [-0.4, -0.2) is 21.4 Å². The Morgan fingerprint density at radius 2 is 1.58 bits per heavy atom. The van der Waals surface area contributed by atoms with E-state index in [1.807, 2.05) is 0 Å². The smallest absolute Gasteiger partial charge is 0.406 e. The zero-order valence-electron chi connectivity index (χ0n) is 9.16. The number of nitrogens with zero attached hydrogens (tertiary/aromatic N) is 3. The van der Waals surface area contributed by atoms with Gasteiger partial charge in [0, 0.05) is 0 Å². The highest BCUT2D eigenvalue weighted by Crippen LogP contribution is 2.23. The van der Waals surface area contributed by atoms with Crippen molar-refractivity contribution >= 4 is 31.9 Å². The third kappa shape index (κ3) is 4.20. The van der Waals surface area contributed by atoms with Gasteiger partial charge in [-0.2, -0.15) is 4.80 Å². The predicted octanol–water partition coefficient (Wildman–Crippen LogP) is 3.75. The van der Waals surface area contributed by atoms with Crippen molar-refractivity contribution in [2.24, 2.45) is 0 Å². The van der Waals surface area contributed by atoms with Gasteiger partial charge in [-0.1, -0.05) is 12.1 Å². The normalized spacial score (nSPS) is 11.6. The third-order valence-electron chi connectivity index (χ3n) is 2.06. The average Bonchev–Trinajstić information content (AvgIpc) is 2.59. The van der Waals surface area contributed by atoms with Gasteiger partial charge in [-0.05, 0) is 49.6 Å². The van der Waals surface area contributed by atoms with Gasteiger partial charge in [0.15, 0.2) is 9.21 Å². The Morgan fingerprint density at radius 1 is 1.05 bits per heavy atom. The molecule has 102 valence electrons. The van der Waals surface area contributed by atoms with E-state index in [4.69, 9.17) is 0 Å². The molecule has 0 saturated carbocycles. The van der Waals surface area contributed by atoms with Crippen LogP contribution in [0.15, 0.2) is 33.5 Å². The van der Waals surface area contributed by atoms with E-state index in [0.29, 0.717) is 15.8 Å². The van der Waals surface area contributed by atoms with Crippen molar-refractivity contribution in [3.05, 3.63) is 39.0 Å². The topological polar surface area (TPSA) is 39.9 Å². The molecule has 0 saturated heterocycles. The van der Waals surface area contributed by atoms with Crippen LogP contribution < -0.4 is 4.74 Å². The Hall–Kier alpha value is -1.09. The number of hydrogen-bond acceptors (Lipinski definition) is 3. The summed E-state index contributed by atoms with van der Waals surface area (Å²) in [6.07, 6.45) is -4.68. The van der Waals surface area contributed by atoms with E-state index in [9.17, 15) is 13.2 Å². The van der Waals surface area contributed by atoms with E-state index >= 15 is 0 Å². The molecule has 0 unspecified atom stereocenters. The van der Waals surface area contributed by atoms with Crippen LogP contribution in [0, 0.1) is 0 Å². The first-order chi connectivity index (χ1) is 8.83. The molecule has 9 heteroatoms. The van der Waals surface area contributed by atoms with Crippen LogP contribution in [0.2, 0.25) is 0 Å². The highest BCUT2D eigenvalue weighted by molar-refractivity contribution is 9.13. The van der Waals surface area contributed by atoms with Crippen LogP contribution in [0.1, 0.15) is 5.56 Å². The van der Waals surface area contributed by atoms with E-state index in [1.54, 1.807) is 0 Å². The number of ether oxygens (including phenoxy) is 1. The van der Waals surface area contributed by atoms with Crippen molar-refractivity contribution in [3.8, 4) is 5.75 Å². The maximum atomic E-state index is 12.0. The maximum absolute atomic E-state index is 12.0. The maximum Gasteiger partial charge on any atom is 0.573 e. The summed E-state index contributed by atoms with van der Waals surface area (Å²) in [7, 11) is 0. The monoisotopic (exact) mass is 399 g/mol. The summed E-state index contributed by atoms with van der Waals surface area (Å²) >= 11 is 6.38. The molecule has 19 heavy (non-hydrogen) atoms. The quantitative estimate of drug-likeness (QED) is 0.787. The molecular formula is C10H6Br2F3N3O. The highest BCUT2D eigenvalue weighted by atomic mass is 79.9. The summed E-state index contributed by atoms with van der Waals surface area (Å²) in [5.41, 5.74) is 0.754. The van der Waals surface area contributed by atoms with Crippen molar-refractivity contribution in [2.75, 3.05) is 0 Å². The Balaban J connectivity index is 2.06. The fourth-order valence-corrected chi connectivity index (χ4v) is 1.86.